The summed E-state index contributed by atoms with van der Waals surface area (Å²) in [5, 5.41) is 14.7. The predicted molar refractivity (Wildman–Crippen MR) is 111 cm³/mol. The fourth-order valence-corrected chi connectivity index (χ4v) is 3.87. The van der Waals surface area contributed by atoms with Crippen LogP contribution in [0.25, 0.3) is 11.4 Å². The van der Waals surface area contributed by atoms with Crippen molar-refractivity contribution in [3.63, 3.8) is 0 Å². The van der Waals surface area contributed by atoms with Gasteiger partial charge in [-0.3, -0.25) is 19.4 Å². The maximum absolute atomic E-state index is 13.1. The number of rotatable bonds is 5. The number of aromatic amines is 1. The van der Waals surface area contributed by atoms with Crippen LogP contribution in [0.15, 0.2) is 36.5 Å². The van der Waals surface area contributed by atoms with Crippen molar-refractivity contribution in [2.24, 2.45) is 0 Å². The van der Waals surface area contributed by atoms with Crippen molar-refractivity contribution in [1.29, 1.82) is 0 Å². The topological polar surface area (TPSA) is 109 Å². The molecule has 1 aromatic carbocycles. The Morgan fingerprint density at radius 1 is 1.23 bits per heavy atom. The van der Waals surface area contributed by atoms with Gasteiger partial charge in [-0.15, -0.1) is 0 Å². The summed E-state index contributed by atoms with van der Waals surface area (Å²) in [6, 6.07) is 9.44. The first-order valence-electron chi connectivity index (χ1n) is 10.0. The lowest BCUT2D eigenvalue weighted by Gasteiger charge is -2.16. The maximum Gasteiger partial charge on any atom is 0.257 e. The number of hydrogen-bond acceptors (Lipinski definition) is 5. The summed E-state index contributed by atoms with van der Waals surface area (Å²) in [6.45, 7) is 6.83. The summed E-state index contributed by atoms with van der Waals surface area (Å²) >= 11 is 0. The van der Waals surface area contributed by atoms with E-state index < -0.39 is 0 Å². The van der Waals surface area contributed by atoms with Crippen LogP contribution in [0, 0.1) is 6.92 Å². The van der Waals surface area contributed by atoms with Gasteiger partial charge in [-0.25, -0.2) is 4.98 Å². The highest BCUT2D eigenvalue weighted by molar-refractivity contribution is 5.95. The molecule has 156 valence electrons. The minimum atomic E-state index is -0.246. The van der Waals surface area contributed by atoms with Gasteiger partial charge in [-0.05, 0) is 13.8 Å². The number of aryl methyl sites for hydroxylation is 2. The lowest BCUT2D eigenvalue weighted by Crippen LogP contribution is -2.39. The van der Waals surface area contributed by atoms with Gasteiger partial charge in [0.1, 0.15) is 5.82 Å². The smallest absolute Gasteiger partial charge is 0.257 e. The maximum atomic E-state index is 13.1. The van der Waals surface area contributed by atoms with E-state index in [1.54, 1.807) is 15.8 Å². The molecule has 0 radical (unpaired) electrons. The SMILES string of the molecule is CCn1cc(C(=O)N2C[C@@H](NC(C)=O)[C@H](c3nc(-c4ccccc4)n[nH]3)C2)c(C)n1. The highest BCUT2D eigenvalue weighted by Gasteiger charge is 2.39. The molecule has 2 aromatic heterocycles. The molecule has 1 aliphatic heterocycles. The Morgan fingerprint density at radius 2 is 2.00 bits per heavy atom. The molecule has 9 nitrogen and oxygen atoms in total. The van der Waals surface area contributed by atoms with Crippen molar-refractivity contribution in [3.05, 3.63) is 53.6 Å². The molecule has 0 unspecified atom stereocenters. The van der Waals surface area contributed by atoms with E-state index in [1.165, 1.54) is 6.92 Å². The molecule has 2 N–H and O–H groups in total. The number of carbonyl (C=O) groups is 2. The average Bonchev–Trinajstić information content (AvgIpc) is 3.46. The third-order valence-corrected chi connectivity index (χ3v) is 5.38. The second-order valence-corrected chi connectivity index (χ2v) is 7.52. The molecule has 1 saturated heterocycles. The van der Waals surface area contributed by atoms with E-state index in [9.17, 15) is 9.59 Å². The second-order valence-electron chi connectivity index (χ2n) is 7.52. The molecule has 0 aliphatic carbocycles. The summed E-state index contributed by atoms with van der Waals surface area (Å²) < 4.78 is 1.75. The van der Waals surface area contributed by atoms with Crippen LogP contribution in [0.5, 0.6) is 0 Å². The monoisotopic (exact) mass is 407 g/mol. The molecule has 1 aliphatic rings. The van der Waals surface area contributed by atoms with Crippen LogP contribution in [0.3, 0.4) is 0 Å². The molecule has 3 heterocycles. The quantitative estimate of drug-likeness (QED) is 0.670. The number of nitrogens with zero attached hydrogens (tertiary/aromatic N) is 5. The van der Waals surface area contributed by atoms with E-state index in [4.69, 9.17) is 0 Å². The van der Waals surface area contributed by atoms with E-state index in [1.807, 2.05) is 44.2 Å². The summed E-state index contributed by atoms with van der Waals surface area (Å²) in [4.78, 5) is 31.3. The Kier molecular flexibility index (Phi) is 5.35. The number of carbonyl (C=O) groups excluding carboxylic acids is 2. The first-order chi connectivity index (χ1) is 14.5. The van der Waals surface area contributed by atoms with Crippen molar-refractivity contribution in [2.45, 2.75) is 39.3 Å². The van der Waals surface area contributed by atoms with Crippen LogP contribution < -0.4 is 5.32 Å². The van der Waals surface area contributed by atoms with Crippen LogP contribution in [0.1, 0.15) is 41.6 Å². The number of benzene rings is 1. The number of likely N-dealkylation sites (tertiary alicyclic amines) is 1. The first-order valence-corrected chi connectivity index (χ1v) is 10.0. The van der Waals surface area contributed by atoms with Crippen molar-refractivity contribution < 1.29 is 9.59 Å². The number of nitrogens with one attached hydrogen (secondary N) is 2. The highest BCUT2D eigenvalue weighted by atomic mass is 16.2. The van der Waals surface area contributed by atoms with Gasteiger partial charge in [0.15, 0.2) is 5.82 Å². The Labute approximate surface area is 174 Å². The van der Waals surface area contributed by atoms with Crippen molar-refractivity contribution in [1.82, 2.24) is 35.2 Å². The van der Waals surface area contributed by atoms with Crippen LogP contribution >= 0.6 is 0 Å². The van der Waals surface area contributed by atoms with Crippen molar-refractivity contribution >= 4 is 11.8 Å². The normalized spacial score (nSPS) is 18.6. The minimum Gasteiger partial charge on any atom is -0.351 e. The molecule has 2 atom stereocenters. The minimum absolute atomic E-state index is 0.0900. The first kappa shape index (κ1) is 19.8. The van der Waals surface area contributed by atoms with Gasteiger partial charge in [0.2, 0.25) is 5.91 Å². The number of amides is 2. The number of H-pyrrole nitrogens is 1. The number of hydrogen-bond donors (Lipinski definition) is 2. The zero-order chi connectivity index (χ0) is 21.3. The van der Waals surface area contributed by atoms with Crippen LogP contribution in [0.4, 0.5) is 0 Å². The van der Waals surface area contributed by atoms with E-state index in [0.717, 1.165) is 5.56 Å². The molecular weight excluding hydrogens is 382 g/mol. The molecule has 0 bridgehead atoms. The number of aromatic nitrogens is 5. The third kappa shape index (κ3) is 3.83. The third-order valence-electron chi connectivity index (χ3n) is 5.38. The standard InChI is InChI=1S/C21H25N7O2/c1-4-28-11-16(13(2)26-28)21(30)27-10-17(18(12-27)22-14(3)29)20-23-19(24-25-20)15-8-6-5-7-9-15/h5-9,11,17-18H,4,10,12H2,1-3H3,(H,22,29)(H,23,24,25)/t17-,18-/m1/s1. The van der Waals surface area contributed by atoms with Gasteiger partial charge >= 0.3 is 0 Å². The molecule has 3 aromatic rings. The van der Waals surface area contributed by atoms with E-state index in [0.29, 0.717) is 42.5 Å². The molecule has 4 rings (SSSR count). The van der Waals surface area contributed by atoms with E-state index in [-0.39, 0.29) is 23.8 Å². The fraction of sp³-hybridized carbons (Fsp3) is 0.381. The lowest BCUT2D eigenvalue weighted by molar-refractivity contribution is -0.119. The van der Waals surface area contributed by atoms with Crippen molar-refractivity contribution in [3.8, 4) is 11.4 Å². The molecular formula is C21H25N7O2. The Hall–Kier alpha value is -3.49. The van der Waals surface area contributed by atoms with Gasteiger partial charge in [-0.1, -0.05) is 30.3 Å². The van der Waals surface area contributed by atoms with Gasteiger partial charge < -0.3 is 10.2 Å². The Bertz CT molecular complexity index is 1060. The van der Waals surface area contributed by atoms with E-state index >= 15 is 0 Å². The molecule has 1 fully saturated rings. The van der Waals surface area contributed by atoms with Crippen molar-refractivity contribution in [2.75, 3.05) is 13.1 Å². The van der Waals surface area contributed by atoms with E-state index in [2.05, 4.69) is 25.6 Å². The summed E-state index contributed by atoms with van der Waals surface area (Å²) in [5.41, 5.74) is 2.19. The van der Waals surface area contributed by atoms with Crippen LogP contribution in [0.2, 0.25) is 0 Å². The Morgan fingerprint density at radius 3 is 2.67 bits per heavy atom. The zero-order valence-corrected chi connectivity index (χ0v) is 17.3. The second kappa shape index (κ2) is 8.10. The average molecular weight is 407 g/mol. The lowest BCUT2D eigenvalue weighted by atomic mass is 10.0. The molecule has 2 amide bonds. The van der Waals surface area contributed by atoms with Gasteiger partial charge in [0.05, 0.1) is 23.2 Å². The summed E-state index contributed by atoms with van der Waals surface area (Å²) in [6.07, 6.45) is 1.78. The zero-order valence-electron chi connectivity index (χ0n) is 17.3. The van der Waals surface area contributed by atoms with Crippen LogP contribution in [-0.4, -0.2) is 60.8 Å². The van der Waals surface area contributed by atoms with Crippen LogP contribution in [-0.2, 0) is 11.3 Å². The van der Waals surface area contributed by atoms with Gasteiger partial charge in [-0.2, -0.15) is 10.2 Å². The predicted octanol–water partition coefficient (Wildman–Crippen LogP) is 1.74. The fourth-order valence-electron chi connectivity index (χ4n) is 3.87. The largest absolute Gasteiger partial charge is 0.351 e. The molecule has 0 spiro atoms. The molecule has 30 heavy (non-hydrogen) atoms. The van der Waals surface area contributed by atoms with Gasteiger partial charge in [0, 0.05) is 38.3 Å². The summed E-state index contributed by atoms with van der Waals surface area (Å²) in [5.74, 6) is 0.843. The van der Waals surface area contributed by atoms with Gasteiger partial charge in [0.25, 0.3) is 5.91 Å². The molecule has 9 heteroatoms. The molecule has 0 saturated carbocycles. The highest BCUT2D eigenvalue weighted by Crippen LogP contribution is 2.28. The summed E-state index contributed by atoms with van der Waals surface area (Å²) in [7, 11) is 0. The Balaban J connectivity index is 1.59.